The summed E-state index contributed by atoms with van der Waals surface area (Å²) in [5.74, 6) is 2.10. The predicted octanol–water partition coefficient (Wildman–Crippen LogP) is 3.57. The summed E-state index contributed by atoms with van der Waals surface area (Å²) in [5, 5.41) is 7.17. The monoisotopic (exact) mass is 506 g/mol. The van der Waals surface area contributed by atoms with Crippen LogP contribution in [0.15, 0.2) is 36.7 Å². The molecular formula is C27H38N8O2. The van der Waals surface area contributed by atoms with Crippen molar-refractivity contribution in [3.05, 3.63) is 36.7 Å². The Morgan fingerprint density at radius 3 is 2.43 bits per heavy atom. The van der Waals surface area contributed by atoms with E-state index in [2.05, 4.69) is 34.0 Å². The molecule has 10 heteroatoms. The molecule has 3 heterocycles. The second-order valence-electron chi connectivity index (χ2n) is 10.5. The van der Waals surface area contributed by atoms with Gasteiger partial charge in [0.25, 0.3) is 5.91 Å². The van der Waals surface area contributed by atoms with Gasteiger partial charge in [0.2, 0.25) is 5.95 Å². The van der Waals surface area contributed by atoms with Crippen LogP contribution in [0.5, 0.6) is 5.75 Å². The highest BCUT2D eigenvalue weighted by atomic mass is 16.5. The lowest BCUT2D eigenvalue weighted by Crippen LogP contribution is -2.44. The fourth-order valence-corrected chi connectivity index (χ4v) is 5.13. The standard InChI is InChI=1S/C27H38N8O2/c1-18(2)35-17-29-24-25(32-27(33-26(24)35)31-20-10-8-19(28)9-11-20)30-21-12-14-34(15-13-21)23(36)16-37-22-6-4-3-5-7-22/h3-7,17-21H,8-16,28H2,1-2H3,(H2,30,31,32,33)/t19-,20-. The highest BCUT2D eigenvalue weighted by Crippen LogP contribution is 2.27. The first kappa shape index (κ1) is 25.3. The minimum Gasteiger partial charge on any atom is -0.484 e. The van der Waals surface area contributed by atoms with Gasteiger partial charge in [0.15, 0.2) is 23.6 Å². The Morgan fingerprint density at radius 2 is 1.73 bits per heavy atom. The molecule has 0 radical (unpaired) electrons. The second-order valence-corrected chi connectivity index (χ2v) is 10.5. The Morgan fingerprint density at radius 1 is 1.03 bits per heavy atom. The van der Waals surface area contributed by atoms with Gasteiger partial charge in [-0.15, -0.1) is 0 Å². The van der Waals surface area contributed by atoms with Crippen LogP contribution in [0.3, 0.4) is 0 Å². The topological polar surface area (TPSA) is 123 Å². The van der Waals surface area contributed by atoms with Crippen LogP contribution in [-0.2, 0) is 4.79 Å². The lowest BCUT2D eigenvalue weighted by atomic mass is 9.92. The molecule has 198 valence electrons. The number of hydrogen-bond donors (Lipinski definition) is 3. The van der Waals surface area contributed by atoms with Gasteiger partial charge in [-0.25, -0.2) is 4.98 Å². The average molecular weight is 507 g/mol. The summed E-state index contributed by atoms with van der Waals surface area (Å²) in [7, 11) is 0. The molecule has 2 aromatic heterocycles. The number of aromatic nitrogens is 4. The summed E-state index contributed by atoms with van der Waals surface area (Å²) in [6, 6.07) is 10.5. The number of nitrogens with zero attached hydrogens (tertiary/aromatic N) is 5. The molecule has 10 nitrogen and oxygen atoms in total. The maximum atomic E-state index is 12.7. The van der Waals surface area contributed by atoms with Gasteiger partial charge in [0, 0.05) is 37.3 Å². The van der Waals surface area contributed by atoms with E-state index in [0.717, 1.165) is 55.5 Å². The zero-order valence-corrected chi connectivity index (χ0v) is 21.8. The highest BCUT2D eigenvalue weighted by Gasteiger charge is 2.26. The number of carbonyl (C=O) groups excluding carboxylic acids is 1. The molecule has 37 heavy (non-hydrogen) atoms. The molecule has 3 aromatic rings. The first-order valence-corrected chi connectivity index (χ1v) is 13.4. The molecule has 1 saturated carbocycles. The van der Waals surface area contributed by atoms with Gasteiger partial charge >= 0.3 is 0 Å². The number of ether oxygens (including phenoxy) is 1. The molecule has 2 aliphatic rings. The molecule has 1 amide bonds. The van der Waals surface area contributed by atoms with Crippen molar-refractivity contribution in [2.24, 2.45) is 5.73 Å². The Kier molecular flexibility index (Phi) is 7.73. The molecule has 0 spiro atoms. The van der Waals surface area contributed by atoms with Crippen molar-refractivity contribution in [3.8, 4) is 5.75 Å². The number of piperidine rings is 1. The van der Waals surface area contributed by atoms with Crippen LogP contribution in [0.25, 0.3) is 11.2 Å². The van der Waals surface area contributed by atoms with Crippen LogP contribution in [0.4, 0.5) is 11.8 Å². The first-order chi connectivity index (χ1) is 18.0. The van der Waals surface area contributed by atoms with E-state index in [4.69, 9.17) is 20.4 Å². The van der Waals surface area contributed by atoms with E-state index in [1.165, 1.54) is 0 Å². The number of para-hydroxylation sites is 1. The van der Waals surface area contributed by atoms with E-state index in [1.54, 1.807) is 0 Å². The van der Waals surface area contributed by atoms with Crippen molar-refractivity contribution in [1.82, 2.24) is 24.4 Å². The number of carbonyl (C=O) groups is 1. The van der Waals surface area contributed by atoms with Crippen molar-refractivity contribution in [3.63, 3.8) is 0 Å². The van der Waals surface area contributed by atoms with E-state index in [1.807, 2.05) is 41.6 Å². The number of amides is 1. The van der Waals surface area contributed by atoms with Crippen LogP contribution in [0.1, 0.15) is 58.4 Å². The van der Waals surface area contributed by atoms with Crippen LogP contribution in [0, 0.1) is 0 Å². The number of imidazole rings is 1. The number of fused-ring (bicyclic) bond motifs is 1. The summed E-state index contributed by atoms with van der Waals surface area (Å²) in [6.45, 7) is 5.66. The number of nitrogens with two attached hydrogens (primary N) is 1. The van der Waals surface area contributed by atoms with E-state index >= 15 is 0 Å². The molecule has 5 rings (SSSR count). The number of benzene rings is 1. The quantitative estimate of drug-likeness (QED) is 0.424. The number of hydrogen-bond acceptors (Lipinski definition) is 8. The van der Waals surface area contributed by atoms with Crippen molar-refractivity contribution in [2.75, 3.05) is 30.3 Å². The van der Waals surface area contributed by atoms with Crippen molar-refractivity contribution >= 4 is 28.8 Å². The SMILES string of the molecule is CC(C)n1cnc2c(NC3CCN(C(=O)COc4ccccc4)CC3)nc(N[C@H]3CC[C@H](N)CC3)nc21. The third-order valence-corrected chi connectivity index (χ3v) is 7.38. The zero-order chi connectivity index (χ0) is 25.8. The van der Waals surface area contributed by atoms with Crippen LogP contribution >= 0.6 is 0 Å². The summed E-state index contributed by atoms with van der Waals surface area (Å²) < 4.78 is 7.73. The van der Waals surface area contributed by atoms with E-state index in [9.17, 15) is 4.79 Å². The Bertz CT molecular complexity index is 1180. The van der Waals surface area contributed by atoms with E-state index in [-0.39, 0.29) is 24.6 Å². The Hall–Kier alpha value is -3.40. The van der Waals surface area contributed by atoms with Gasteiger partial charge in [0.1, 0.15) is 5.75 Å². The lowest BCUT2D eigenvalue weighted by molar-refractivity contribution is -0.134. The number of rotatable bonds is 8. The van der Waals surface area contributed by atoms with Gasteiger partial charge in [-0.1, -0.05) is 18.2 Å². The maximum Gasteiger partial charge on any atom is 0.260 e. The van der Waals surface area contributed by atoms with Crippen LogP contribution in [0.2, 0.25) is 0 Å². The van der Waals surface area contributed by atoms with E-state index < -0.39 is 0 Å². The van der Waals surface area contributed by atoms with Crippen molar-refractivity contribution in [2.45, 2.75) is 76.5 Å². The zero-order valence-electron chi connectivity index (χ0n) is 21.8. The first-order valence-electron chi connectivity index (χ1n) is 13.4. The normalized spacial score (nSPS) is 20.8. The maximum absolute atomic E-state index is 12.7. The van der Waals surface area contributed by atoms with Crippen LogP contribution < -0.4 is 21.1 Å². The summed E-state index contributed by atoms with van der Waals surface area (Å²) in [5.41, 5.74) is 7.70. The highest BCUT2D eigenvalue weighted by molar-refractivity contribution is 5.84. The molecule has 0 atom stereocenters. The van der Waals surface area contributed by atoms with Crippen molar-refractivity contribution in [1.29, 1.82) is 0 Å². The third kappa shape index (κ3) is 6.12. The number of likely N-dealkylation sites (tertiary alicyclic amines) is 1. The van der Waals surface area contributed by atoms with Crippen LogP contribution in [-0.4, -0.2) is 68.1 Å². The molecule has 1 aromatic carbocycles. The number of anilines is 2. The molecular weight excluding hydrogens is 468 g/mol. The average Bonchev–Trinajstić information content (AvgIpc) is 3.34. The number of nitrogens with one attached hydrogen (secondary N) is 2. The Labute approximate surface area is 218 Å². The fraction of sp³-hybridized carbons (Fsp3) is 0.556. The van der Waals surface area contributed by atoms with Gasteiger partial charge in [-0.3, -0.25) is 4.79 Å². The van der Waals surface area contributed by atoms with E-state index in [0.29, 0.717) is 36.9 Å². The van der Waals surface area contributed by atoms with Crippen molar-refractivity contribution < 1.29 is 9.53 Å². The van der Waals surface area contributed by atoms with Gasteiger partial charge in [0.05, 0.1) is 6.33 Å². The smallest absolute Gasteiger partial charge is 0.260 e. The third-order valence-electron chi connectivity index (χ3n) is 7.38. The minimum absolute atomic E-state index is 0.0149. The molecule has 2 fully saturated rings. The Balaban J connectivity index is 1.24. The second kappa shape index (κ2) is 11.3. The van der Waals surface area contributed by atoms with Gasteiger partial charge in [-0.2, -0.15) is 9.97 Å². The molecule has 0 bridgehead atoms. The lowest BCUT2D eigenvalue weighted by Gasteiger charge is -2.32. The largest absolute Gasteiger partial charge is 0.484 e. The fourth-order valence-electron chi connectivity index (χ4n) is 5.13. The van der Waals surface area contributed by atoms with Gasteiger partial charge in [-0.05, 0) is 64.5 Å². The molecule has 1 aliphatic heterocycles. The minimum atomic E-state index is 0.0149. The predicted molar refractivity (Wildman–Crippen MR) is 145 cm³/mol. The summed E-state index contributed by atoms with van der Waals surface area (Å²) in [6.07, 6.45) is 7.58. The summed E-state index contributed by atoms with van der Waals surface area (Å²) in [4.78, 5) is 28.9. The summed E-state index contributed by atoms with van der Waals surface area (Å²) >= 11 is 0. The molecule has 4 N–H and O–H groups in total. The molecule has 1 aliphatic carbocycles. The molecule has 0 unspecified atom stereocenters. The molecule has 1 saturated heterocycles. The van der Waals surface area contributed by atoms with Gasteiger partial charge < -0.3 is 30.6 Å².